The molecule has 4 aromatic rings. The summed E-state index contributed by atoms with van der Waals surface area (Å²) in [7, 11) is 1.75. The first-order chi connectivity index (χ1) is 19.7. The van der Waals surface area contributed by atoms with E-state index in [1.807, 2.05) is 36.4 Å². The van der Waals surface area contributed by atoms with Crippen LogP contribution in [0.5, 0.6) is 5.88 Å². The molecule has 2 aromatic carbocycles. The Bertz CT molecular complexity index is 1480. The third kappa shape index (κ3) is 6.39. The summed E-state index contributed by atoms with van der Waals surface area (Å²) in [6, 6.07) is 22.4. The first kappa shape index (κ1) is 26.7. The van der Waals surface area contributed by atoms with Crippen LogP contribution in [0.3, 0.4) is 0 Å². The molecule has 1 saturated heterocycles. The van der Waals surface area contributed by atoms with Crippen LogP contribution >= 0.6 is 0 Å². The smallest absolute Gasteiger partial charge is 0.258 e. The van der Waals surface area contributed by atoms with Crippen LogP contribution in [-0.4, -0.2) is 63.9 Å². The molecule has 10 nitrogen and oxygen atoms in total. The van der Waals surface area contributed by atoms with Crippen LogP contribution in [0, 0.1) is 11.3 Å². The highest BCUT2D eigenvalue weighted by Gasteiger charge is 2.21. The number of rotatable bonds is 10. The summed E-state index contributed by atoms with van der Waals surface area (Å²) >= 11 is 0. The Morgan fingerprint density at radius 2 is 1.73 bits per heavy atom. The van der Waals surface area contributed by atoms with Gasteiger partial charge in [-0.05, 0) is 24.5 Å². The highest BCUT2D eigenvalue weighted by molar-refractivity contribution is 5.80. The lowest BCUT2D eigenvalue weighted by atomic mass is 10.0. The number of ether oxygens (including phenoxy) is 1. The van der Waals surface area contributed by atoms with Gasteiger partial charge in [-0.2, -0.15) is 5.26 Å². The second-order valence-electron chi connectivity index (χ2n) is 9.44. The van der Waals surface area contributed by atoms with Crippen molar-refractivity contribution in [1.82, 2.24) is 24.8 Å². The minimum absolute atomic E-state index is 0.0986. The van der Waals surface area contributed by atoms with E-state index in [0.29, 0.717) is 29.7 Å². The van der Waals surface area contributed by atoms with Crippen molar-refractivity contribution in [2.24, 2.45) is 0 Å². The summed E-state index contributed by atoms with van der Waals surface area (Å²) < 4.78 is 5.57. The molecule has 3 heterocycles. The van der Waals surface area contributed by atoms with E-state index in [-0.39, 0.29) is 18.3 Å². The van der Waals surface area contributed by atoms with Crippen molar-refractivity contribution in [3.63, 3.8) is 0 Å². The van der Waals surface area contributed by atoms with Gasteiger partial charge in [0, 0.05) is 50.0 Å². The molecule has 202 valence electrons. The molecule has 0 saturated carbocycles. The fourth-order valence-corrected chi connectivity index (χ4v) is 4.76. The highest BCUT2D eigenvalue weighted by atomic mass is 16.5. The molecule has 5 rings (SSSR count). The van der Waals surface area contributed by atoms with Crippen molar-refractivity contribution in [3.05, 3.63) is 78.2 Å². The van der Waals surface area contributed by atoms with Crippen LogP contribution < -0.4 is 15.4 Å². The van der Waals surface area contributed by atoms with E-state index in [9.17, 15) is 4.79 Å². The monoisotopic (exact) mass is 534 g/mol. The Morgan fingerprint density at radius 3 is 2.42 bits per heavy atom. The van der Waals surface area contributed by atoms with E-state index in [2.05, 4.69) is 49.8 Å². The van der Waals surface area contributed by atoms with Gasteiger partial charge in [0.05, 0.1) is 5.69 Å². The fraction of sp³-hybridized carbons (Fsp3) is 0.267. The number of nitriles is 1. The van der Waals surface area contributed by atoms with Gasteiger partial charge in [0.25, 0.3) is 5.88 Å². The Labute approximate surface area is 233 Å². The Morgan fingerprint density at radius 1 is 1.00 bits per heavy atom. The number of hydrogen-bond donors (Lipinski definition) is 2. The fourth-order valence-electron chi connectivity index (χ4n) is 4.76. The number of carbonyl (C=O) groups is 1. The zero-order valence-corrected chi connectivity index (χ0v) is 22.2. The number of hydrogen-bond acceptors (Lipinski definition) is 10. The van der Waals surface area contributed by atoms with Crippen molar-refractivity contribution in [2.45, 2.75) is 25.4 Å². The van der Waals surface area contributed by atoms with Crippen LogP contribution in [0.1, 0.15) is 24.2 Å². The number of nitrogens with zero attached hydrogens (tertiary/aromatic N) is 6. The predicted molar refractivity (Wildman–Crippen MR) is 153 cm³/mol. The molecule has 0 bridgehead atoms. The lowest BCUT2D eigenvalue weighted by Gasteiger charge is -2.32. The van der Waals surface area contributed by atoms with Crippen LogP contribution in [-0.2, 0) is 11.3 Å². The quantitative estimate of drug-likeness (QED) is 0.286. The SMILES string of the molecule is CNc1nc(-c2ccccc2)c(-c2ccc(CN3CCC(Nc4ccnc(C#N)n4)CC3)cc2)nc1OCC=O. The van der Waals surface area contributed by atoms with Gasteiger partial charge in [0.1, 0.15) is 24.2 Å². The van der Waals surface area contributed by atoms with Gasteiger partial charge in [-0.1, -0.05) is 54.6 Å². The van der Waals surface area contributed by atoms with Crippen molar-refractivity contribution < 1.29 is 9.53 Å². The minimum atomic E-state index is -0.0986. The van der Waals surface area contributed by atoms with E-state index in [1.54, 1.807) is 19.3 Å². The van der Waals surface area contributed by atoms with E-state index >= 15 is 0 Å². The van der Waals surface area contributed by atoms with Gasteiger partial charge in [-0.3, -0.25) is 9.69 Å². The van der Waals surface area contributed by atoms with E-state index in [4.69, 9.17) is 20.0 Å². The topological polar surface area (TPSA) is 129 Å². The first-order valence-electron chi connectivity index (χ1n) is 13.2. The summed E-state index contributed by atoms with van der Waals surface area (Å²) in [5.74, 6) is 1.64. The zero-order valence-electron chi connectivity index (χ0n) is 22.2. The molecule has 0 radical (unpaired) electrons. The zero-order chi connectivity index (χ0) is 27.7. The molecule has 1 aliphatic rings. The summed E-state index contributed by atoms with van der Waals surface area (Å²) in [4.78, 5) is 31.1. The Kier molecular flexibility index (Phi) is 8.53. The van der Waals surface area contributed by atoms with Crippen molar-refractivity contribution in [1.29, 1.82) is 5.26 Å². The third-order valence-electron chi connectivity index (χ3n) is 6.76. The molecular formula is C30H30N8O2. The predicted octanol–water partition coefficient (Wildman–Crippen LogP) is 4.17. The lowest BCUT2D eigenvalue weighted by Crippen LogP contribution is -2.38. The lowest BCUT2D eigenvalue weighted by molar-refractivity contribution is -0.109. The first-order valence-corrected chi connectivity index (χ1v) is 13.2. The van der Waals surface area contributed by atoms with Crippen molar-refractivity contribution >= 4 is 17.9 Å². The molecular weight excluding hydrogens is 504 g/mol. The number of anilines is 2. The molecule has 0 atom stereocenters. The van der Waals surface area contributed by atoms with E-state index in [0.717, 1.165) is 49.3 Å². The molecule has 1 fully saturated rings. The van der Waals surface area contributed by atoms with E-state index < -0.39 is 0 Å². The van der Waals surface area contributed by atoms with Gasteiger partial charge >= 0.3 is 0 Å². The minimum Gasteiger partial charge on any atom is -0.467 e. The number of aldehydes is 1. The number of carbonyl (C=O) groups excluding carboxylic acids is 1. The number of likely N-dealkylation sites (tertiary alicyclic amines) is 1. The molecule has 0 spiro atoms. The Hall–Kier alpha value is -4.88. The van der Waals surface area contributed by atoms with Crippen LogP contribution in [0.25, 0.3) is 22.5 Å². The third-order valence-corrected chi connectivity index (χ3v) is 6.76. The average molecular weight is 535 g/mol. The highest BCUT2D eigenvalue weighted by Crippen LogP contribution is 2.34. The summed E-state index contributed by atoms with van der Waals surface area (Å²) in [6.45, 7) is 2.67. The van der Waals surface area contributed by atoms with Gasteiger partial charge in [-0.25, -0.2) is 19.9 Å². The summed E-state index contributed by atoms with van der Waals surface area (Å²) in [5, 5.41) is 15.5. The van der Waals surface area contributed by atoms with Crippen LogP contribution in [0.15, 0.2) is 66.9 Å². The van der Waals surface area contributed by atoms with Crippen molar-refractivity contribution in [3.8, 4) is 34.5 Å². The normalized spacial score (nSPS) is 13.8. The molecule has 40 heavy (non-hydrogen) atoms. The molecule has 0 unspecified atom stereocenters. The van der Waals surface area contributed by atoms with Gasteiger partial charge in [0.2, 0.25) is 5.82 Å². The second kappa shape index (κ2) is 12.8. The summed E-state index contributed by atoms with van der Waals surface area (Å²) in [5.41, 5.74) is 4.49. The van der Waals surface area contributed by atoms with Gasteiger partial charge in [-0.15, -0.1) is 0 Å². The average Bonchev–Trinajstić information content (AvgIpc) is 3.01. The number of piperidine rings is 1. The molecule has 10 heteroatoms. The largest absolute Gasteiger partial charge is 0.467 e. The van der Waals surface area contributed by atoms with Gasteiger partial charge < -0.3 is 15.4 Å². The molecule has 2 aromatic heterocycles. The number of aromatic nitrogens is 4. The maximum absolute atomic E-state index is 10.9. The standard InChI is InChI=1S/C30H30N8O2/c1-32-29-30(40-18-17-39)37-28(27(36-29)22-5-3-2-4-6-22)23-9-7-21(8-10-23)20-38-15-12-24(13-16-38)34-25-11-14-33-26(19-31)35-25/h2-11,14,17,24H,12-13,15-16,18,20H2,1H3,(H,32,36)(H,33,34,35). The molecule has 2 N–H and O–H groups in total. The maximum atomic E-state index is 10.9. The Balaban J connectivity index is 1.28. The van der Waals surface area contributed by atoms with Crippen molar-refractivity contribution in [2.75, 3.05) is 37.4 Å². The second-order valence-corrected chi connectivity index (χ2v) is 9.44. The molecule has 0 amide bonds. The van der Waals surface area contributed by atoms with Crippen LogP contribution in [0.4, 0.5) is 11.6 Å². The molecule has 0 aliphatic carbocycles. The number of benzene rings is 2. The summed E-state index contributed by atoms with van der Waals surface area (Å²) in [6.07, 6.45) is 4.28. The number of nitrogens with one attached hydrogen (secondary N) is 2. The van der Waals surface area contributed by atoms with Crippen LogP contribution in [0.2, 0.25) is 0 Å². The van der Waals surface area contributed by atoms with Gasteiger partial charge in [0.15, 0.2) is 12.1 Å². The molecule has 1 aliphatic heterocycles. The maximum Gasteiger partial charge on any atom is 0.258 e. The van der Waals surface area contributed by atoms with E-state index in [1.165, 1.54) is 5.56 Å².